The van der Waals surface area contributed by atoms with E-state index in [1.165, 1.54) is 0 Å². The lowest BCUT2D eigenvalue weighted by atomic mass is 10.1. The van der Waals surface area contributed by atoms with Gasteiger partial charge in [-0.05, 0) is 24.9 Å². The second kappa shape index (κ2) is 7.66. The minimum Gasteiger partial charge on any atom is -0.413 e. The zero-order valence-corrected chi connectivity index (χ0v) is 10.5. The summed E-state index contributed by atoms with van der Waals surface area (Å²) < 4.78 is 10.4. The van der Waals surface area contributed by atoms with Crippen LogP contribution in [0.3, 0.4) is 0 Å². The lowest BCUT2D eigenvalue weighted by molar-refractivity contribution is 0.342. The highest BCUT2D eigenvalue weighted by Gasteiger charge is 1.97. The molecule has 14 heavy (non-hydrogen) atoms. The Morgan fingerprint density at radius 3 is 2.57 bits per heavy atom. The Morgan fingerprint density at radius 1 is 1.43 bits per heavy atom. The standard InChI is InChI=1S/C11H19O2Si/c1-10(2)9-11(3)12-7-6-8-13-14(4)5/h10H,3,8-9H2,1-2,4-5H3. The van der Waals surface area contributed by atoms with Crippen molar-refractivity contribution in [1.82, 2.24) is 0 Å². The normalized spacial score (nSPS) is 9.86. The number of rotatable bonds is 5. The molecule has 0 rings (SSSR count). The van der Waals surface area contributed by atoms with Crippen molar-refractivity contribution in [3.63, 3.8) is 0 Å². The molecular formula is C11H19O2Si. The predicted octanol–water partition coefficient (Wildman–Crippen LogP) is 2.79. The van der Waals surface area contributed by atoms with E-state index >= 15 is 0 Å². The average Bonchev–Trinajstić information content (AvgIpc) is 2.01. The second-order valence-corrected chi connectivity index (χ2v) is 5.82. The van der Waals surface area contributed by atoms with Crippen LogP contribution in [0.5, 0.6) is 0 Å². The monoisotopic (exact) mass is 211 g/mol. The number of hydrogen-bond donors (Lipinski definition) is 0. The van der Waals surface area contributed by atoms with E-state index < -0.39 is 9.04 Å². The van der Waals surface area contributed by atoms with Crippen LogP contribution in [0.25, 0.3) is 0 Å². The Labute approximate surface area is 89.0 Å². The van der Waals surface area contributed by atoms with Crippen LogP contribution in [0.2, 0.25) is 13.1 Å². The maximum Gasteiger partial charge on any atom is 0.206 e. The highest BCUT2D eigenvalue weighted by atomic mass is 28.3. The summed E-state index contributed by atoms with van der Waals surface area (Å²) in [5, 5.41) is 0. The van der Waals surface area contributed by atoms with Crippen LogP contribution in [0.4, 0.5) is 0 Å². The van der Waals surface area contributed by atoms with E-state index in [9.17, 15) is 0 Å². The van der Waals surface area contributed by atoms with Crippen LogP contribution in [-0.4, -0.2) is 15.6 Å². The summed E-state index contributed by atoms with van der Waals surface area (Å²) in [5.74, 6) is 4.08. The number of hydrogen-bond acceptors (Lipinski definition) is 2. The third-order valence-corrected chi connectivity index (χ3v) is 2.06. The van der Waals surface area contributed by atoms with Crippen molar-refractivity contribution in [2.75, 3.05) is 6.61 Å². The first-order valence-electron chi connectivity index (χ1n) is 4.77. The van der Waals surface area contributed by atoms with Gasteiger partial charge in [-0.15, -0.1) is 0 Å². The van der Waals surface area contributed by atoms with Crippen LogP contribution < -0.4 is 0 Å². The maximum absolute atomic E-state index is 5.32. The molecule has 0 unspecified atom stereocenters. The minimum atomic E-state index is -0.634. The zero-order valence-electron chi connectivity index (χ0n) is 9.52. The molecule has 0 aliphatic carbocycles. The van der Waals surface area contributed by atoms with Gasteiger partial charge < -0.3 is 9.16 Å². The molecular weight excluding hydrogens is 192 g/mol. The fourth-order valence-corrected chi connectivity index (χ4v) is 1.18. The summed E-state index contributed by atoms with van der Waals surface area (Å²) in [5.41, 5.74) is 0. The Balaban J connectivity index is 3.55. The van der Waals surface area contributed by atoms with Gasteiger partial charge in [-0.1, -0.05) is 20.4 Å². The van der Waals surface area contributed by atoms with Gasteiger partial charge in [0, 0.05) is 6.42 Å². The molecule has 0 aliphatic heterocycles. The van der Waals surface area contributed by atoms with Gasteiger partial charge in [0.25, 0.3) is 0 Å². The van der Waals surface area contributed by atoms with E-state index in [1.54, 1.807) is 0 Å². The van der Waals surface area contributed by atoms with Crippen LogP contribution >= 0.6 is 0 Å². The van der Waals surface area contributed by atoms with Gasteiger partial charge in [0.2, 0.25) is 9.04 Å². The predicted molar refractivity (Wildman–Crippen MR) is 60.9 cm³/mol. The first kappa shape index (κ1) is 13.3. The van der Waals surface area contributed by atoms with Crippen molar-refractivity contribution >= 4 is 9.04 Å². The van der Waals surface area contributed by atoms with E-state index in [1.807, 2.05) is 0 Å². The third-order valence-electron chi connectivity index (χ3n) is 1.34. The molecule has 0 aromatic carbocycles. The summed E-state index contributed by atoms with van der Waals surface area (Å²) in [7, 11) is -0.634. The molecule has 0 bridgehead atoms. The molecule has 0 N–H and O–H groups in total. The molecule has 0 heterocycles. The molecule has 0 saturated carbocycles. The average molecular weight is 211 g/mol. The lowest BCUT2D eigenvalue weighted by Crippen LogP contribution is -2.07. The Kier molecular flexibility index (Phi) is 7.26. The van der Waals surface area contributed by atoms with Gasteiger partial charge in [-0.25, -0.2) is 0 Å². The van der Waals surface area contributed by atoms with Gasteiger partial charge in [-0.3, -0.25) is 0 Å². The fraction of sp³-hybridized carbons (Fsp3) is 0.636. The van der Waals surface area contributed by atoms with Crippen molar-refractivity contribution in [2.24, 2.45) is 5.92 Å². The highest BCUT2D eigenvalue weighted by Crippen LogP contribution is 2.08. The summed E-state index contributed by atoms with van der Waals surface area (Å²) in [6.45, 7) is 12.6. The summed E-state index contributed by atoms with van der Waals surface area (Å²) >= 11 is 0. The molecule has 0 aromatic heterocycles. The van der Waals surface area contributed by atoms with Crippen LogP contribution in [0, 0.1) is 17.9 Å². The maximum atomic E-state index is 5.32. The Bertz CT molecular complexity index is 223. The highest BCUT2D eigenvalue weighted by molar-refractivity contribution is 6.48. The van der Waals surface area contributed by atoms with Gasteiger partial charge in [0.1, 0.15) is 11.9 Å². The van der Waals surface area contributed by atoms with E-state index in [4.69, 9.17) is 9.16 Å². The quantitative estimate of drug-likeness (QED) is 0.395. The molecule has 0 aromatic rings. The molecule has 2 nitrogen and oxygen atoms in total. The van der Waals surface area contributed by atoms with Crippen LogP contribution in [0.1, 0.15) is 20.3 Å². The molecule has 79 valence electrons. The molecule has 0 atom stereocenters. The van der Waals surface area contributed by atoms with Crippen molar-refractivity contribution < 1.29 is 9.16 Å². The number of allylic oxidation sites excluding steroid dienone is 1. The van der Waals surface area contributed by atoms with Crippen molar-refractivity contribution in [3.8, 4) is 12.0 Å². The zero-order chi connectivity index (χ0) is 11.0. The molecule has 0 saturated heterocycles. The van der Waals surface area contributed by atoms with Crippen LogP contribution in [0.15, 0.2) is 12.3 Å². The van der Waals surface area contributed by atoms with E-state index in [0.29, 0.717) is 12.5 Å². The molecule has 1 radical (unpaired) electrons. The van der Waals surface area contributed by atoms with Gasteiger partial charge in [-0.2, -0.15) is 0 Å². The second-order valence-electron chi connectivity index (χ2n) is 3.71. The van der Waals surface area contributed by atoms with Gasteiger partial charge in [0.15, 0.2) is 0 Å². The summed E-state index contributed by atoms with van der Waals surface area (Å²) in [6, 6.07) is 0. The Hall–Kier alpha value is -0.723. The topological polar surface area (TPSA) is 18.5 Å². The SMILES string of the molecule is C=C(CC(C)C)OC#CCO[Si](C)C. The smallest absolute Gasteiger partial charge is 0.206 e. The van der Waals surface area contributed by atoms with Crippen molar-refractivity contribution in [3.05, 3.63) is 12.3 Å². The first-order valence-corrected chi connectivity index (χ1v) is 7.18. The largest absolute Gasteiger partial charge is 0.413 e. The van der Waals surface area contributed by atoms with E-state index in [-0.39, 0.29) is 0 Å². The first-order chi connectivity index (χ1) is 6.52. The van der Waals surface area contributed by atoms with Crippen LogP contribution in [-0.2, 0) is 9.16 Å². The van der Waals surface area contributed by atoms with Gasteiger partial charge in [0.05, 0.1) is 6.61 Å². The molecule has 0 aliphatic rings. The Morgan fingerprint density at radius 2 is 2.07 bits per heavy atom. The molecule has 0 fully saturated rings. The van der Waals surface area contributed by atoms with Crippen molar-refractivity contribution in [2.45, 2.75) is 33.4 Å². The summed E-state index contributed by atoms with van der Waals surface area (Å²) in [4.78, 5) is 0. The van der Waals surface area contributed by atoms with Crippen molar-refractivity contribution in [1.29, 1.82) is 0 Å². The lowest BCUT2D eigenvalue weighted by Gasteiger charge is -2.04. The molecule has 3 heteroatoms. The molecule has 0 spiro atoms. The van der Waals surface area contributed by atoms with E-state index in [2.05, 4.69) is 45.5 Å². The molecule has 0 amide bonds. The number of ether oxygens (including phenoxy) is 1. The summed E-state index contributed by atoms with van der Waals surface area (Å²) in [6.07, 6.45) is 3.44. The minimum absolute atomic E-state index is 0.455. The van der Waals surface area contributed by atoms with Gasteiger partial charge >= 0.3 is 0 Å². The fourth-order valence-electron chi connectivity index (χ4n) is 0.815. The van der Waals surface area contributed by atoms with E-state index in [0.717, 1.165) is 12.2 Å². The third kappa shape index (κ3) is 9.37.